The molecule has 0 saturated carbocycles. The third-order valence-corrected chi connectivity index (χ3v) is 4.52. The van der Waals surface area contributed by atoms with Crippen LogP contribution in [0, 0.1) is 18.2 Å². The molecule has 1 aromatic carbocycles. The fourth-order valence-corrected chi connectivity index (χ4v) is 3.51. The number of halogens is 1. The van der Waals surface area contributed by atoms with E-state index in [2.05, 4.69) is 10.9 Å². The van der Waals surface area contributed by atoms with Crippen LogP contribution in [0.25, 0.3) is 21.3 Å². The first-order chi connectivity index (χ1) is 11.0. The first kappa shape index (κ1) is 15.4. The van der Waals surface area contributed by atoms with E-state index in [1.807, 2.05) is 19.2 Å². The Morgan fingerprint density at radius 2 is 2.04 bits per heavy atom. The molecule has 0 aliphatic carbocycles. The Bertz CT molecular complexity index is 962. The van der Waals surface area contributed by atoms with E-state index in [1.54, 1.807) is 16.7 Å². The topological polar surface area (TPSA) is 34.9 Å². The molecule has 0 spiro atoms. The van der Waals surface area contributed by atoms with E-state index >= 15 is 0 Å². The van der Waals surface area contributed by atoms with Crippen molar-refractivity contribution in [3.05, 3.63) is 51.6 Å². The number of terminal acetylenes is 1. The lowest BCUT2D eigenvalue weighted by Gasteiger charge is -2.13. The highest BCUT2D eigenvalue weighted by molar-refractivity contribution is 7.17. The largest absolute Gasteiger partial charge is 0.284 e. The summed E-state index contributed by atoms with van der Waals surface area (Å²) in [5, 5.41) is 2.43. The maximum Gasteiger partial charge on any atom is 0.263 e. The predicted molar refractivity (Wildman–Crippen MR) is 92.2 cm³/mol. The van der Waals surface area contributed by atoms with Crippen molar-refractivity contribution in [2.24, 2.45) is 0 Å². The quantitative estimate of drug-likeness (QED) is 0.681. The highest BCUT2D eigenvalue weighted by Gasteiger charge is 2.18. The minimum Gasteiger partial charge on any atom is -0.284 e. The van der Waals surface area contributed by atoms with Crippen molar-refractivity contribution in [1.82, 2.24) is 9.55 Å². The van der Waals surface area contributed by atoms with Crippen LogP contribution in [0.15, 0.2) is 34.4 Å². The molecule has 3 nitrogen and oxygen atoms in total. The molecule has 0 amide bonds. The lowest BCUT2D eigenvalue weighted by molar-refractivity contribution is 0.628. The fraction of sp³-hybridized carbons (Fsp3) is 0.222. The fourth-order valence-electron chi connectivity index (χ4n) is 2.57. The summed E-state index contributed by atoms with van der Waals surface area (Å²) in [6.07, 6.45) is 5.41. The van der Waals surface area contributed by atoms with Crippen LogP contribution < -0.4 is 5.56 Å². The second-order valence-corrected chi connectivity index (χ2v) is 6.41. The van der Waals surface area contributed by atoms with E-state index in [0.29, 0.717) is 16.0 Å². The smallest absolute Gasteiger partial charge is 0.263 e. The Balaban J connectivity index is 2.32. The van der Waals surface area contributed by atoms with Crippen LogP contribution in [0.1, 0.15) is 25.6 Å². The van der Waals surface area contributed by atoms with E-state index < -0.39 is 0 Å². The van der Waals surface area contributed by atoms with Crippen molar-refractivity contribution < 1.29 is 4.39 Å². The Morgan fingerprint density at radius 3 is 2.65 bits per heavy atom. The second kappa shape index (κ2) is 5.98. The number of aromatic nitrogens is 2. The minimum atomic E-state index is -0.307. The summed E-state index contributed by atoms with van der Waals surface area (Å²) >= 11 is 1.42. The van der Waals surface area contributed by atoms with Gasteiger partial charge in [-0.15, -0.1) is 17.8 Å². The van der Waals surface area contributed by atoms with Crippen molar-refractivity contribution in [3.63, 3.8) is 0 Å². The number of fused-ring (bicyclic) bond motifs is 1. The van der Waals surface area contributed by atoms with Gasteiger partial charge in [0.15, 0.2) is 0 Å². The van der Waals surface area contributed by atoms with Gasteiger partial charge in [0, 0.05) is 16.9 Å². The molecule has 0 fully saturated rings. The molecule has 0 saturated heterocycles. The van der Waals surface area contributed by atoms with Gasteiger partial charge in [-0.3, -0.25) is 9.36 Å². The molecular formula is C18H15FN2OS. The van der Waals surface area contributed by atoms with Crippen LogP contribution in [-0.4, -0.2) is 9.55 Å². The Labute approximate surface area is 137 Å². The van der Waals surface area contributed by atoms with E-state index in [9.17, 15) is 9.18 Å². The van der Waals surface area contributed by atoms with Crippen molar-refractivity contribution in [3.8, 4) is 23.5 Å². The molecule has 23 heavy (non-hydrogen) atoms. The lowest BCUT2D eigenvalue weighted by Crippen LogP contribution is -2.25. The third-order valence-electron chi connectivity index (χ3n) is 3.64. The predicted octanol–water partition coefficient (Wildman–Crippen LogP) is 4.02. The first-order valence-electron chi connectivity index (χ1n) is 7.24. The zero-order valence-corrected chi connectivity index (χ0v) is 13.7. The molecule has 0 bridgehead atoms. The Morgan fingerprint density at radius 1 is 1.35 bits per heavy atom. The van der Waals surface area contributed by atoms with Crippen molar-refractivity contribution >= 4 is 21.6 Å². The number of nitrogens with zero attached hydrogens (tertiary/aromatic N) is 2. The molecule has 0 aliphatic rings. The SMILES string of the molecule is C#CCn1c(C(C)C)nc2scc(-c3ccc(F)cc3)c2c1=O. The van der Waals surface area contributed by atoms with Crippen molar-refractivity contribution in [1.29, 1.82) is 0 Å². The highest BCUT2D eigenvalue weighted by Crippen LogP contribution is 2.31. The molecule has 0 unspecified atom stereocenters. The van der Waals surface area contributed by atoms with Crippen LogP contribution in [0.4, 0.5) is 4.39 Å². The van der Waals surface area contributed by atoms with Crippen LogP contribution in [0.3, 0.4) is 0 Å². The number of rotatable bonds is 3. The highest BCUT2D eigenvalue weighted by atomic mass is 32.1. The van der Waals surface area contributed by atoms with Gasteiger partial charge in [-0.2, -0.15) is 0 Å². The van der Waals surface area contributed by atoms with E-state index in [0.717, 1.165) is 11.1 Å². The van der Waals surface area contributed by atoms with Crippen molar-refractivity contribution in [2.45, 2.75) is 26.3 Å². The second-order valence-electron chi connectivity index (χ2n) is 5.56. The Kier molecular flexibility index (Phi) is 4.01. The molecule has 116 valence electrons. The van der Waals surface area contributed by atoms with Crippen LogP contribution in [0.2, 0.25) is 0 Å². The van der Waals surface area contributed by atoms with Crippen LogP contribution in [-0.2, 0) is 6.54 Å². The molecule has 5 heteroatoms. The van der Waals surface area contributed by atoms with Crippen molar-refractivity contribution in [2.75, 3.05) is 0 Å². The van der Waals surface area contributed by atoms with Gasteiger partial charge in [-0.05, 0) is 17.7 Å². The van der Waals surface area contributed by atoms with E-state index in [4.69, 9.17) is 6.42 Å². The van der Waals surface area contributed by atoms with E-state index in [-0.39, 0.29) is 23.8 Å². The van der Waals surface area contributed by atoms with Crippen LogP contribution in [0.5, 0.6) is 0 Å². The zero-order chi connectivity index (χ0) is 16.6. The normalized spacial score (nSPS) is 11.1. The molecule has 3 rings (SSSR count). The molecule has 0 atom stereocenters. The van der Waals surface area contributed by atoms with Gasteiger partial charge < -0.3 is 0 Å². The van der Waals surface area contributed by atoms with Gasteiger partial charge in [-0.1, -0.05) is 31.9 Å². The minimum absolute atomic E-state index is 0.0943. The molecule has 0 radical (unpaired) electrons. The Hall–Kier alpha value is -2.45. The molecule has 2 heterocycles. The average molecular weight is 326 g/mol. The van der Waals surface area contributed by atoms with Gasteiger partial charge in [0.1, 0.15) is 16.5 Å². The van der Waals surface area contributed by atoms with Gasteiger partial charge in [0.2, 0.25) is 0 Å². The third kappa shape index (κ3) is 2.66. The molecule has 0 N–H and O–H groups in total. The number of thiophene rings is 1. The summed E-state index contributed by atoms with van der Waals surface area (Å²) in [6, 6.07) is 6.10. The van der Waals surface area contributed by atoms with Crippen LogP contribution >= 0.6 is 11.3 Å². The zero-order valence-electron chi connectivity index (χ0n) is 12.8. The molecular weight excluding hydrogens is 311 g/mol. The summed E-state index contributed by atoms with van der Waals surface area (Å²) in [5.41, 5.74) is 1.42. The van der Waals surface area contributed by atoms with E-state index in [1.165, 1.54) is 23.5 Å². The standard InChI is InChI=1S/C18H15FN2OS/c1-4-9-21-16(11(2)3)20-17-15(18(21)22)14(10-23-17)12-5-7-13(19)8-6-12/h1,5-8,10-11H,9H2,2-3H3. The lowest BCUT2D eigenvalue weighted by atomic mass is 10.1. The first-order valence-corrected chi connectivity index (χ1v) is 8.12. The number of benzene rings is 1. The van der Waals surface area contributed by atoms with Gasteiger partial charge in [0.05, 0.1) is 11.9 Å². The summed E-state index contributed by atoms with van der Waals surface area (Å²) in [6.45, 7) is 4.15. The van der Waals surface area contributed by atoms with Gasteiger partial charge in [0.25, 0.3) is 5.56 Å². The summed E-state index contributed by atoms with van der Waals surface area (Å²) in [4.78, 5) is 18.2. The van der Waals surface area contributed by atoms with Gasteiger partial charge in [-0.25, -0.2) is 9.37 Å². The summed E-state index contributed by atoms with van der Waals surface area (Å²) < 4.78 is 14.7. The number of hydrogen-bond acceptors (Lipinski definition) is 3. The summed E-state index contributed by atoms with van der Waals surface area (Å²) in [7, 11) is 0. The van der Waals surface area contributed by atoms with Gasteiger partial charge >= 0.3 is 0 Å². The monoisotopic (exact) mass is 326 g/mol. The molecule has 3 aromatic rings. The average Bonchev–Trinajstić information content (AvgIpc) is 2.95. The maximum absolute atomic E-state index is 13.1. The maximum atomic E-state index is 13.1. The molecule has 2 aromatic heterocycles. The summed E-state index contributed by atoms with van der Waals surface area (Å²) in [5.74, 6) is 3.00. The molecule has 0 aliphatic heterocycles. The number of hydrogen-bond donors (Lipinski definition) is 0.